The average molecular weight is 537 g/mol. The Morgan fingerprint density at radius 1 is 0.514 bits per heavy atom. The van der Waals surface area contributed by atoms with Crippen LogP contribution in [0.25, 0.3) is 44.4 Å². The van der Waals surface area contributed by atoms with Crippen LogP contribution in [0, 0.1) is 13.8 Å². The second kappa shape index (κ2) is 10.5. The van der Waals surface area contributed by atoms with Gasteiger partial charge < -0.3 is 9.97 Å². The molecule has 0 saturated carbocycles. The second-order valence-electron chi connectivity index (χ2n) is 10.1. The van der Waals surface area contributed by atoms with Gasteiger partial charge in [-0.2, -0.15) is 0 Å². The van der Waals surface area contributed by atoms with Crippen LogP contribution in [0.15, 0.2) is 24.3 Å². The summed E-state index contributed by atoms with van der Waals surface area (Å²) in [5.74, 6) is 0. The maximum absolute atomic E-state index is 5.15. The van der Waals surface area contributed by atoms with Gasteiger partial charge in [0.25, 0.3) is 0 Å². The maximum atomic E-state index is 5.15. The second-order valence-corrected chi connectivity index (χ2v) is 10.1. The minimum atomic E-state index is 0. The Morgan fingerprint density at radius 3 is 1.19 bits per heavy atom. The summed E-state index contributed by atoms with van der Waals surface area (Å²) in [7, 11) is 0. The molecule has 4 nitrogen and oxygen atoms in total. The molecule has 0 radical (unpaired) electrons. The number of H-pyrrole nitrogens is 2. The van der Waals surface area contributed by atoms with Gasteiger partial charge in [-0.3, -0.25) is 0 Å². The first-order valence-electron chi connectivity index (χ1n) is 13.4. The van der Waals surface area contributed by atoms with Crippen LogP contribution in [0.4, 0.5) is 0 Å². The predicted molar refractivity (Wildman–Crippen MR) is 155 cm³/mol. The van der Waals surface area contributed by atoms with Crippen molar-refractivity contribution >= 4 is 44.4 Å². The normalized spacial score (nSPS) is 13.4. The molecule has 0 aromatic carbocycles. The molecule has 5 rings (SSSR count). The van der Waals surface area contributed by atoms with Gasteiger partial charge in [-0.05, 0) is 122 Å². The fraction of sp³-hybridized carbons (Fsp3) is 0.375. The molecule has 0 aliphatic carbocycles. The molecule has 3 aromatic heterocycles. The van der Waals surface area contributed by atoms with E-state index >= 15 is 0 Å². The molecule has 0 amide bonds. The van der Waals surface area contributed by atoms with Gasteiger partial charge in [-0.25, -0.2) is 9.97 Å². The predicted octanol–water partition coefficient (Wildman–Crippen LogP) is 8.74. The molecule has 0 fully saturated rings. The molecule has 0 atom stereocenters. The molecule has 0 saturated heterocycles. The molecular formula is C32H38N4Ni. The Labute approximate surface area is 230 Å². The molecule has 2 aliphatic rings. The van der Waals surface area contributed by atoms with Gasteiger partial charge in [-0.15, -0.1) is 0 Å². The van der Waals surface area contributed by atoms with E-state index in [9.17, 15) is 0 Å². The Bertz CT molecular complexity index is 1490. The van der Waals surface area contributed by atoms with Gasteiger partial charge in [-0.1, -0.05) is 27.7 Å². The SMILES string of the molecule is CCC1=C(C)c2cc3[nH]c(cc4nc(cc5[nH]c(cc1n2)c(CC)c5C)C(C)=C4CC)c(CC)c3C.[Ni]. The number of nitrogens with zero attached hydrogens (tertiary/aromatic N) is 2. The summed E-state index contributed by atoms with van der Waals surface area (Å²) in [6.45, 7) is 17.8. The third-order valence-corrected chi connectivity index (χ3v) is 8.21. The van der Waals surface area contributed by atoms with E-state index in [0.717, 1.165) is 70.5 Å². The standard InChI is InChI=1S/C32H38N4.Ni/c1-9-21-17(5)25-13-26-19(7)23(11-3)31(35-26)16-32-24(12-4)20(8)28(36-32)14-27-18(6)22(10-2)30(34-27)15-29(21)33-25;/h13-16,33,36H,9-12H2,1-8H3;. The monoisotopic (exact) mass is 536 g/mol. The van der Waals surface area contributed by atoms with Gasteiger partial charge in [0.2, 0.25) is 0 Å². The summed E-state index contributed by atoms with van der Waals surface area (Å²) in [6, 6.07) is 8.98. The zero-order valence-electron chi connectivity index (χ0n) is 23.3. The van der Waals surface area contributed by atoms with Crippen LogP contribution in [0.3, 0.4) is 0 Å². The first-order chi connectivity index (χ1) is 17.3. The summed E-state index contributed by atoms with van der Waals surface area (Å²) < 4.78 is 0. The van der Waals surface area contributed by atoms with Gasteiger partial charge in [0.15, 0.2) is 0 Å². The van der Waals surface area contributed by atoms with Crippen molar-refractivity contribution in [1.82, 2.24) is 19.9 Å². The van der Waals surface area contributed by atoms with E-state index in [4.69, 9.17) is 9.97 Å². The topological polar surface area (TPSA) is 57.4 Å². The molecule has 5 heterocycles. The number of hydrogen-bond donors (Lipinski definition) is 2. The Balaban J connectivity index is 0.00000320. The molecule has 0 unspecified atom stereocenters. The van der Waals surface area contributed by atoms with Crippen molar-refractivity contribution in [2.24, 2.45) is 0 Å². The summed E-state index contributed by atoms with van der Waals surface area (Å²) in [5, 5.41) is 0. The third-order valence-electron chi connectivity index (χ3n) is 8.21. The molecule has 0 spiro atoms. The van der Waals surface area contributed by atoms with Crippen molar-refractivity contribution in [2.75, 3.05) is 0 Å². The summed E-state index contributed by atoms with van der Waals surface area (Å²) in [5.41, 5.74) is 19.3. The number of allylic oxidation sites excluding steroid dienone is 4. The molecule has 2 aliphatic heterocycles. The van der Waals surface area contributed by atoms with Crippen molar-refractivity contribution in [1.29, 1.82) is 0 Å². The molecule has 5 heteroatoms. The van der Waals surface area contributed by atoms with Crippen LogP contribution >= 0.6 is 0 Å². The number of aromatic amines is 2. The fourth-order valence-electron chi connectivity index (χ4n) is 6.02. The molecule has 2 N–H and O–H groups in total. The van der Waals surface area contributed by atoms with Gasteiger partial charge in [0, 0.05) is 38.6 Å². The Morgan fingerprint density at radius 2 is 0.865 bits per heavy atom. The quantitative estimate of drug-likeness (QED) is 0.327. The van der Waals surface area contributed by atoms with Crippen LogP contribution in [-0.2, 0) is 29.3 Å². The van der Waals surface area contributed by atoms with E-state index in [1.807, 2.05) is 0 Å². The van der Waals surface area contributed by atoms with Crippen molar-refractivity contribution in [2.45, 2.75) is 81.1 Å². The summed E-state index contributed by atoms with van der Waals surface area (Å²) in [4.78, 5) is 17.7. The van der Waals surface area contributed by atoms with E-state index in [1.54, 1.807) is 0 Å². The number of fused-ring (bicyclic) bond motifs is 8. The Kier molecular flexibility index (Phi) is 7.67. The van der Waals surface area contributed by atoms with Crippen LogP contribution in [0.2, 0.25) is 0 Å². The van der Waals surface area contributed by atoms with Gasteiger partial charge in [0.05, 0.1) is 22.8 Å². The van der Waals surface area contributed by atoms with Crippen molar-refractivity contribution < 1.29 is 16.5 Å². The number of nitrogens with one attached hydrogen (secondary N) is 2. The average Bonchev–Trinajstić information content (AvgIpc) is 3.51. The van der Waals surface area contributed by atoms with Crippen LogP contribution in [0.5, 0.6) is 0 Å². The Hall–Kier alpha value is -2.91. The number of aryl methyl sites for hydroxylation is 4. The van der Waals surface area contributed by atoms with Gasteiger partial charge >= 0.3 is 0 Å². The van der Waals surface area contributed by atoms with E-state index in [2.05, 4.69) is 89.6 Å². The first-order valence-corrected chi connectivity index (χ1v) is 13.4. The van der Waals surface area contributed by atoms with Crippen LogP contribution < -0.4 is 0 Å². The molecule has 37 heavy (non-hydrogen) atoms. The number of rotatable bonds is 4. The minimum absolute atomic E-state index is 0. The number of hydrogen-bond acceptors (Lipinski definition) is 2. The molecule has 196 valence electrons. The van der Waals surface area contributed by atoms with E-state index in [-0.39, 0.29) is 16.5 Å². The van der Waals surface area contributed by atoms with E-state index < -0.39 is 0 Å². The van der Waals surface area contributed by atoms with Crippen LogP contribution in [-0.4, -0.2) is 19.9 Å². The minimum Gasteiger partial charge on any atom is -0.355 e. The smallest absolute Gasteiger partial charge is 0.0693 e. The molecular weight excluding hydrogens is 499 g/mol. The molecule has 8 bridgehead atoms. The molecule has 3 aromatic rings. The first kappa shape index (κ1) is 27.1. The summed E-state index contributed by atoms with van der Waals surface area (Å²) in [6.07, 6.45) is 3.86. The maximum Gasteiger partial charge on any atom is 0.0693 e. The van der Waals surface area contributed by atoms with E-state index in [0.29, 0.717) is 0 Å². The van der Waals surface area contributed by atoms with Crippen molar-refractivity contribution in [3.8, 4) is 0 Å². The van der Waals surface area contributed by atoms with E-state index in [1.165, 1.54) is 44.5 Å². The fourth-order valence-corrected chi connectivity index (χ4v) is 6.02. The summed E-state index contributed by atoms with van der Waals surface area (Å²) >= 11 is 0. The third kappa shape index (κ3) is 4.42. The largest absolute Gasteiger partial charge is 0.355 e. The van der Waals surface area contributed by atoms with Gasteiger partial charge in [0.1, 0.15) is 0 Å². The van der Waals surface area contributed by atoms with Crippen molar-refractivity contribution in [3.05, 3.63) is 69.3 Å². The van der Waals surface area contributed by atoms with Crippen molar-refractivity contribution in [3.63, 3.8) is 0 Å². The zero-order chi connectivity index (χ0) is 25.7. The number of aromatic nitrogens is 4. The van der Waals surface area contributed by atoms with Crippen LogP contribution in [0.1, 0.15) is 99.4 Å². The zero-order valence-corrected chi connectivity index (χ0v) is 24.3.